The van der Waals surface area contributed by atoms with Crippen LogP contribution in [0.15, 0.2) is 17.7 Å². The number of carbonyl (C=O) groups excluding carboxylic acids is 3. The lowest BCUT2D eigenvalue weighted by Gasteiger charge is -2.17. The number of benzene rings is 1. The van der Waals surface area contributed by atoms with Gasteiger partial charge in [0.2, 0.25) is 5.75 Å². The lowest BCUT2D eigenvalue weighted by Crippen LogP contribution is -2.31. The van der Waals surface area contributed by atoms with Gasteiger partial charge in [0.1, 0.15) is 11.6 Å². The first kappa shape index (κ1) is 25.9. The van der Waals surface area contributed by atoms with E-state index in [4.69, 9.17) is 9.47 Å². The molecule has 1 aromatic rings. The third-order valence-corrected chi connectivity index (χ3v) is 4.07. The third kappa shape index (κ3) is 6.69. The largest absolute Gasteiger partial charge is 0.514 e. The van der Waals surface area contributed by atoms with Crippen molar-refractivity contribution in [1.29, 1.82) is 5.26 Å². The number of nitro benzene ring substituents is 1. The lowest BCUT2D eigenvalue weighted by atomic mass is 10.1. The Hall–Kier alpha value is -4.14. The number of hydrogen-bond donors (Lipinski definition) is 1. The minimum Gasteiger partial charge on any atom is -0.499 e. The molecule has 1 amide bonds. The van der Waals surface area contributed by atoms with Gasteiger partial charge in [0, 0.05) is 19.2 Å². The number of carbonyl (C=O) groups is 3. The summed E-state index contributed by atoms with van der Waals surface area (Å²) in [4.78, 5) is 47.7. The fourth-order valence-corrected chi connectivity index (χ4v) is 2.47. The second kappa shape index (κ2) is 11.9. The molecular weight excluding hydrogens is 426 g/mol. The van der Waals surface area contributed by atoms with Crippen molar-refractivity contribution < 1.29 is 38.6 Å². The Morgan fingerprint density at radius 1 is 1.28 bits per heavy atom. The number of nitrogens with zero attached hydrogens (tertiary/aromatic N) is 3. The van der Waals surface area contributed by atoms with E-state index in [-0.39, 0.29) is 17.7 Å². The molecule has 1 aromatic carbocycles. The zero-order valence-electron chi connectivity index (χ0n) is 18.0. The summed E-state index contributed by atoms with van der Waals surface area (Å²) in [7, 11) is 0. The summed E-state index contributed by atoms with van der Waals surface area (Å²) in [6.45, 7) is 6.94. The van der Waals surface area contributed by atoms with Gasteiger partial charge in [-0.2, -0.15) is 5.26 Å². The molecule has 0 fully saturated rings. The van der Waals surface area contributed by atoms with E-state index >= 15 is 0 Å². The zero-order valence-corrected chi connectivity index (χ0v) is 18.0. The average Bonchev–Trinajstić information content (AvgIpc) is 2.74. The molecule has 0 aliphatic rings. The fraction of sp³-hybridized carbons (Fsp3) is 0.400. The molecule has 0 aliphatic heterocycles. The number of hydrogen-bond acceptors (Lipinski definition) is 10. The van der Waals surface area contributed by atoms with Crippen LogP contribution in [0.5, 0.6) is 11.5 Å². The monoisotopic (exact) mass is 449 g/mol. The summed E-state index contributed by atoms with van der Waals surface area (Å²) >= 11 is 0. The van der Waals surface area contributed by atoms with Gasteiger partial charge in [-0.05, 0) is 45.4 Å². The van der Waals surface area contributed by atoms with E-state index in [1.54, 1.807) is 26.8 Å². The van der Waals surface area contributed by atoms with E-state index in [9.17, 15) is 34.9 Å². The molecule has 1 unspecified atom stereocenters. The van der Waals surface area contributed by atoms with E-state index in [0.717, 1.165) is 18.2 Å². The van der Waals surface area contributed by atoms with Crippen LogP contribution in [0.1, 0.15) is 33.3 Å². The van der Waals surface area contributed by atoms with Gasteiger partial charge in [0.05, 0.1) is 11.5 Å². The van der Waals surface area contributed by atoms with Crippen LogP contribution in [0.4, 0.5) is 10.5 Å². The number of rotatable bonds is 9. The molecule has 172 valence electrons. The van der Waals surface area contributed by atoms with Gasteiger partial charge in [-0.15, -0.1) is 0 Å². The van der Waals surface area contributed by atoms with Gasteiger partial charge in [0.25, 0.3) is 5.91 Å². The molecule has 12 nitrogen and oxygen atoms in total. The Balaban J connectivity index is 3.31. The second-order valence-electron chi connectivity index (χ2n) is 6.16. The van der Waals surface area contributed by atoms with Crippen molar-refractivity contribution in [2.75, 3.05) is 19.7 Å². The number of nitriles is 1. The number of aromatic hydroxyl groups is 1. The molecule has 32 heavy (non-hydrogen) atoms. The highest BCUT2D eigenvalue weighted by Gasteiger charge is 2.25. The second-order valence-corrected chi connectivity index (χ2v) is 6.16. The van der Waals surface area contributed by atoms with Crippen LogP contribution in [0, 0.1) is 21.4 Å². The highest BCUT2D eigenvalue weighted by atomic mass is 16.7. The van der Waals surface area contributed by atoms with Crippen molar-refractivity contribution in [3.8, 4) is 17.6 Å². The molecule has 0 spiro atoms. The first-order valence-electron chi connectivity index (χ1n) is 9.56. The predicted molar refractivity (Wildman–Crippen MR) is 109 cm³/mol. The van der Waals surface area contributed by atoms with Crippen LogP contribution in [0.2, 0.25) is 0 Å². The molecule has 0 saturated heterocycles. The molecular formula is C20H23N3O9. The van der Waals surface area contributed by atoms with Crippen LogP contribution in [0.25, 0.3) is 6.08 Å². The Labute approximate surface area is 183 Å². The number of ether oxygens (including phenoxy) is 3. The molecule has 0 aliphatic carbocycles. The van der Waals surface area contributed by atoms with E-state index < -0.39 is 46.2 Å². The SMILES string of the molecule is CCOC(=O)C(C)OC(=O)Oc1cc(C=C(C#N)C(=O)N(CC)CC)cc([N+](=O)[O-])c1O. The van der Waals surface area contributed by atoms with Crippen molar-refractivity contribution in [2.24, 2.45) is 0 Å². The summed E-state index contributed by atoms with van der Waals surface area (Å²) in [5.41, 5.74) is -1.22. The van der Waals surface area contributed by atoms with Crippen LogP contribution in [-0.4, -0.2) is 58.8 Å². The van der Waals surface area contributed by atoms with Gasteiger partial charge in [-0.3, -0.25) is 14.9 Å². The molecule has 0 heterocycles. The minimum atomic E-state index is -1.43. The van der Waals surface area contributed by atoms with Gasteiger partial charge in [0.15, 0.2) is 11.9 Å². The molecule has 1 N–H and O–H groups in total. The molecule has 0 saturated carbocycles. The zero-order chi connectivity index (χ0) is 24.4. The van der Waals surface area contributed by atoms with Gasteiger partial charge < -0.3 is 24.2 Å². The van der Waals surface area contributed by atoms with E-state index in [0.29, 0.717) is 13.1 Å². The minimum absolute atomic E-state index is 0.0520. The van der Waals surface area contributed by atoms with Crippen molar-refractivity contribution in [2.45, 2.75) is 33.8 Å². The summed E-state index contributed by atoms with van der Waals surface area (Å²) in [5, 5.41) is 30.7. The van der Waals surface area contributed by atoms with Crippen LogP contribution in [0.3, 0.4) is 0 Å². The van der Waals surface area contributed by atoms with E-state index in [2.05, 4.69) is 4.74 Å². The Bertz CT molecular complexity index is 962. The smallest absolute Gasteiger partial charge is 0.499 e. The van der Waals surface area contributed by atoms with Crippen LogP contribution < -0.4 is 4.74 Å². The fourth-order valence-electron chi connectivity index (χ4n) is 2.47. The number of esters is 1. The van der Waals surface area contributed by atoms with Crippen molar-refractivity contribution >= 4 is 29.8 Å². The first-order chi connectivity index (χ1) is 15.1. The molecule has 0 bridgehead atoms. The lowest BCUT2D eigenvalue weighted by molar-refractivity contribution is -0.385. The number of nitro groups is 1. The van der Waals surface area contributed by atoms with Crippen molar-refractivity contribution in [3.63, 3.8) is 0 Å². The summed E-state index contributed by atoms with van der Waals surface area (Å²) < 4.78 is 14.2. The number of phenolic OH excluding ortho intramolecular Hbond substituents is 1. The maximum atomic E-state index is 12.4. The van der Waals surface area contributed by atoms with Gasteiger partial charge in [-0.1, -0.05) is 0 Å². The maximum absolute atomic E-state index is 12.4. The predicted octanol–water partition coefficient (Wildman–Crippen LogP) is 2.54. The Morgan fingerprint density at radius 3 is 2.41 bits per heavy atom. The summed E-state index contributed by atoms with van der Waals surface area (Å²) in [6, 6.07) is 3.64. The topological polar surface area (TPSA) is 169 Å². The number of likely N-dealkylation sites (N-methyl/N-ethyl adjacent to an activating group) is 1. The van der Waals surface area contributed by atoms with Gasteiger partial charge in [-0.25, -0.2) is 9.59 Å². The highest BCUT2D eigenvalue weighted by molar-refractivity contribution is 6.01. The summed E-state index contributed by atoms with van der Waals surface area (Å²) in [5.74, 6) is -3.09. The van der Waals surface area contributed by atoms with Crippen LogP contribution >= 0.6 is 0 Å². The average molecular weight is 449 g/mol. The van der Waals surface area contributed by atoms with E-state index in [1.807, 2.05) is 0 Å². The number of amides is 1. The molecule has 0 aromatic heterocycles. The number of phenols is 1. The Morgan fingerprint density at radius 2 is 1.91 bits per heavy atom. The summed E-state index contributed by atoms with van der Waals surface area (Å²) in [6.07, 6.45) is -1.71. The van der Waals surface area contributed by atoms with Crippen LogP contribution in [-0.2, 0) is 19.1 Å². The Kier molecular flexibility index (Phi) is 9.63. The quantitative estimate of drug-likeness (QED) is 0.148. The van der Waals surface area contributed by atoms with Gasteiger partial charge >= 0.3 is 17.8 Å². The molecule has 12 heteroatoms. The first-order valence-corrected chi connectivity index (χ1v) is 9.56. The third-order valence-electron chi connectivity index (χ3n) is 4.07. The highest BCUT2D eigenvalue weighted by Crippen LogP contribution is 2.38. The van der Waals surface area contributed by atoms with Crippen molar-refractivity contribution in [1.82, 2.24) is 4.90 Å². The molecule has 1 atom stereocenters. The standard InChI is InChI=1S/C20H23N3O9/c1-5-22(6-2)18(25)14(11-21)8-13-9-15(23(28)29)17(24)16(10-13)32-20(27)31-12(4)19(26)30-7-3/h8-10,12,24H,5-7H2,1-4H3. The van der Waals surface area contributed by atoms with Crippen molar-refractivity contribution in [3.05, 3.63) is 33.4 Å². The normalized spacial score (nSPS) is 11.7. The molecule has 1 rings (SSSR count). The van der Waals surface area contributed by atoms with E-state index in [1.165, 1.54) is 11.8 Å². The molecule has 0 radical (unpaired) electrons. The maximum Gasteiger partial charge on any atom is 0.514 e.